The van der Waals surface area contributed by atoms with Crippen LogP contribution in [0.1, 0.15) is 20.3 Å². The van der Waals surface area contributed by atoms with Gasteiger partial charge in [0.25, 0.3) is 0 Å². The summed E-state index contributed by atoms with van der Waals surface area (Å²) in [6.45, 7) is 9.30. The highest BCUT2D eigenvalue weighted by atomic mass is 16.2. The van der Waals surface area contributed by atoms with Gasteiger partial charge < -0.3 is 5.32 Å². The topological polar surface area (TPSA) is 35.6 Å². The summed E-state index contributed by atoms with van der Waals surface area (Å²) in [5.74, 6) is 2.43. The number of hydrogen-bond acceptors (Lipinski definition) is 3. The SMILES string of the molecule is C#CCNC(=O)CN1CCN(C(C)CC)CC1. The van der Waals surface area contributed by atoms with Crippen molar-refractivity contribution in [2.24, 2.45) is 0 Å². The van der Waals surface area contributed by atoms with Crippen LogP contribution in [0, 0.1) is 12.3 Å². The van der Waals surface area contributed by atoms with Gasteiger partial charge in [-0.15, -0.1) is 6.42 Å². The summed E-state index contributed by atoms with van der Waals surface area (Å²) in [4.78, 5) is 16.1. The van der Waals surface area contributed by atoms with E-state index in [1.807, 2.05) is 0 Å². The molecule has 1 heterocycles. The van der Waals surface area contributed by atoms with Crippen molar-refractivity contribution in [3.05, 3.63) is 0 Å². The maximum Gasteiger partial charge on any atom is 0.234 e. The second-order valence-corrected chi connectivity index (χ2v) is 4.55. The molecular weight excluding hydrogens is 214 g/mol. The lowest BCUT2D eigenvalue weighted by atomic mass is 10.2. The van der Waals surface area contributed by atoms with E-state index in [1.54, 1.807) is 0 Å². The van der Waals surface area contributed by atoms with E-state index in [2.05, 4.69) is 34.9 Å². The van der Waals surface area contributed by atoms with Gasteiger partial charge in [0, 0.05) is 32.2 Å². The number of hydrogen-bond donors (Lipinski definition) is 1. The first kappa shape index (κ1) is 14.0. The minimum absolute atomic E-state index is 0.0277. The van der Waals surface area contributed by atoms with Gasteiger partial charge in [0.15, 0.2) is 0 Å². The van der Waals surface area contributed by atoms with Crippen LogP contribution in [0.5, 0.6) is 0 Å². The Hall–Kier alpha value is -1.05. The smallest absolute Gasteiger partial charge is 0.234 e. The molecule has 1 aliphatic rings. The monoisotopic (exact) mass is 237 g/mol. The molecule has 1 unspecified atom stereocenters. The number of nitrogens with zero attached hydrogens (tertiary/aromatic N) is 2. The highest BCUT2D eigenvalue weighted by Crippen LogP contribution is 2.08. The number of nitrogens with one attached hydrogen (secondary N) is 1. The zero-order chi connectivity index (χ0) is 12.7. The molecule has 4 nitrogen and oxygen atoms in total. The summed E-state index contributed by atoms with van der Waals surface area (Å²) in [7, 11) is 0. The van der Waals surface area contributed by atoms with E-state index in [0.717, 1.165) is 26.2 Å². The normalized spacial score (nSPS) is 19.6. The Morgan fingerprint density at radius 2 is 2.06 bits per heavy atom. The van der Waals surface area contributed by atoms with Crippen molar-refractivity contribution in [3.8, 4) is 12.3 Å². The Labute approximate surface area is 104 Å². The summed E-state index contributed by atoms with van der Waals surface area (Å²) in [5, 5.41) is 2.69. The molecular formula is C13H23N3O. The molecule has 0 saturated carbocycles. The van der Waals surface area contributed by atoms with Gasteiger partial charge in [-0.1, -0.05) is 12.8 Å². The molecule has 0 aromatic carbocycles. The highest BCUT2D eigenvalue weighted by Gasteiger charge is 2.21. The average molecular weight is 237 g/mol. The molecule has 1 rings (SSSR count). The third-order valence-electron chi connectivity index (χ3n) is 3.38. The molecule has 1 saturated heterocycles. The Morgan fingerprint density at radius 1 is 1.41 bits per heavy atom. The number of amides is 1. The molecule has 0 aliphatic carbocycles. The van der Waals surface area contributed by atoms with Gasteiger partial charge in [-0.05, 0) is 13.3 Å². The molecule has 0 radical (unpaired) electrons. The fraction of sp³-hybridized carbons (Fsp3) is 0.769. The van der Waals surface area contributed by atoms with Crippen LogP contribution in [-0.2, 0) is 4.79 Å². The minimum Gasteiger partial charge on any atom is -0.344 e. The molecule has 1 N–H and O–H groups in total. The van der Waals surface area contributed by atoms with E-state index in [0.29, 0.717) is 19.1 Å². The quantitative estimate of drug-likeness (QED) is 0.692. The zero-order valence-corrected chi connectivity index (χ0v) is 10.9. The van der Waals surface area contributed by atoms with Crippen LogP contribution in [-0.4, -0.2) is 61.0 Å². The molecule has 0 aromatic heterocycles. The average Bonchev–Trinajstić information content (AvgIpc) is 2.36. The van der Waals surface area contributed by atoms with Gasteiger partial charge in [0.05, 0.1) is 13.1 Å². The zero-order valence-electron chi connectivity index (χ0n) is 10.9. The maximum atomic E-state index is 11.5. The van der Waals surface area contributed by atoms with E-state index in [-0.39, 0.29) is 5.91 Å². The summed E-state index contributed by atoms with van der Waals surface area (Å²) in [6, 6.07) is 0.646. The Morgan fingerprint density at radius 3 is 2.59 bits per heavy atom. The van der Waals surface area contributed by atoms with Crippen LogP contribution < -0.4 is 5.32 Å². The van der Waals surface area contributed by atoms with Crippen LogP contribution in [0.2, 0.25) is 0 Å². The van der Waals surface area contributed by atoms with Crippen molar-refractivity contribution >= 4 is 5.91 Å². The molecule has 1 aliphatic heterocycles. The largest absolute Gasteiger partial charge is 0.344 e. The van der Waals surface area contributed by atoms with Gasteiger partial charge in [-0.2, -0.15) is 0 Å². The van der Waals surface area contributed by atoms with Crippen LogP contribution in [0.25, 0.3) is 0 Å². The number of carbonyl (C=O) groups excluding carboxylic acids is 1. The van der Waals surface area contributed by atoms with E-state index < -0.39 is 0 Å². The lowest BCUT2D eigenvalue weighted by molar-refractivity contribution is -0.122. The van der Waals surface area contributed by atoms with E-state index in [4.69, 9.17) is 6.42 Å². The second kappa shape index (κ2) is 7.31. The molecule has 0 aromatic rings. The summed E-state index contributed by atoms with van der Waals surface area (Å²) in [6.07, 6.45) is 6.27. The highest BCUT2D eigenvalue weighted by molar-refractivity contribution is 5.78. The minimum atomic E-state index is 0.0277. The van der Waals surface area contributed by atoms with Gasteiger partial charge in [0.1, 0.15) is 0 Å². The van der Waals surface area contributed by atoms with Gasteiger partial charge >= 0.3 is 0 Å². The first-order valence-corrected chi connectivity index (χ1v) is 6.34. The van der Waals surface area contributed by atoms with Crippen molar-refractivity contribution in [1.29, 1.82) is 0 Å². The number of carbonyl (C=O) groups is 1. The molecule has 0 bridgehead atoms. The van der Waals surface area contributed by atoms with Crippen LogP contribution >= 0.6 is 0 Å². The van der Waals surface area contributed by atoms with Crippen molar-refractivity contribution < 1.29 is 4.79 Å². The first-order valence-electron chi connectivity index (χ1n) is 6.34. The lowest BCUT2D eigenvalue weighted by Gasteiger charge is -2.37. The van der Waals surface area contributed by atoms with Crippen molar-refractivity contribution in [2.75, 3.05) is 39.3 Å². The fourth-order valence-electron chi connectivity index (χ4n) is 2.03. The summed E-state index contributed by atoms with van der Waals surface area (Å²) < 4.78 is 0. The van der Waals surface area contributed by atoms with Crippen molar-refractivity contribution in [2.45, 2.75) is 26.3 Å². The van der Waals surface area contributed by atoms with Crippen molar-refractivity contribution in [3.63, 3.8) is 0 Å². The lowest BCUT2D eigenvalue weighted by Crippen LogP contribution is -2.51. The Kier molecular flexibility index (Phi) is 6.03. The Balaban J connectivity index is 2.23. The first-order chi connectivity index (χ1) is 8.17. The molecule has 1 fully saturated rings. The standard InChI is InChI=1S/C13H23N3O/c1-4-6-14-13(17)11-15-7-9-16(10-8-15)12(3)5-2/h1,12H,5-11H2,2-3H3,(H,14,17). The molecule has 1 atom stereocenters. The van der Waals surface area contributed by atoms with Crippen molar-refractivity contribution in [1.82, 2.24) is 15.1 Å². The number of piperazine rings is 1. The van der Waals surface area contributed by atoms with Crippen LogP contribution in [0.15, 0.2) is 0 Å². The predicted octanol–water partition coefficient (Wildman–Crippen LogP) is 0.152. The predicted molar refractivity (Wildman–Crippen MR) is 69.6 cm³/mol. The molecule has 4 heteroatoms. The third kappa shape index (κ3) is 4.76. The third-order valence-corrected chi connectivity index (χ3v) is 3.38. The summed E-state index contributed by atoms with van der Waals surface area (Å²) >= 11 is 0. The molecule has 96 valence electrons. The summed E-state index contributed by atoms with van der Waals surface area (Å²) in [5.41, 5.74) is 0. The van der Waals surface area contributed by atoms with E-state index in [1.165, 1.54) is 6.42 Å². The second-order valence-electron chi connectivity index (χ2n) is 4.55. The van der Waals surface area contributed by atoms with Gasteiger partial charge in [-0.25, -0.2) is 0 Å². The van der Waals surface area contributed by atoms with E-state index >= 15 is 0 Å². The number of rotatable bonds is 5. The van der Waals surface area contributed by atoms with Gasteiger partial charge in [-0.3, -0.25) is 14.6 Å². The molecule has 17 heavy (non-hydrogen) atoms. The molecule has 0 spiro atoms. The Bertz CT molecular complexity index is 277. The van der Waals surface area contributed by atoms with Crippen LogP contribution in [0.3, 0.4) is 0 Å². The van der Waals surface area contributed by atoms with E-state index in [9.17, 15) is 4.79 Å². The fourth-order valence-corrected chi connectivity index (χ4v) is 2.03. The molecule has 1 amide bonds. The maximum absolute atomic E-state index is 11.5. The number of terminal acetylenes is 1. The van der Waals surface area contributed by atoms with Crippen LogP contribution in [0.4, 0.5) is 0 Å². The van der Waals surface area contributed by atoms with Gasteiger partial charge in [0.2, 0.25) is 5.91 Å².